The van der Waals surface area contributed by atoms with E-state index in [1.807, 2.05) is 26.0 Å². The second-order valence-corrected chi connectivity index (χ2v) is 6.88. The number of carbonyl (C=O) groups is 1. The third-order valence-corrected chi connectivity index (χ3v) is 3.84. The fourth-order valence-electron chi connectivity index (χ4n) is 2.75. The lowest BCUT2D eigenvalue weighted by Crippen LogP contribution is -2.36. The highest BCUT2D eigenvalue weighted by atomic mass is 16.5. The molecule has 0 unspecified atom stereocenters. The van der Waals surface area contributed by atoms with Crippen molar-refractivity contribution < 1.29 is 9.53 Å². The molecule has 5 heteroatoms. The summed E-state index contributed by atoms with van der Waals surface area (Å²) in [5.41, 5.74) is 5.33. The van der Waals surface area contributed by atoms with Crippen LogP contribution in [0.15, 0.2) is 18.3 Å². The van der Waals surface area contributed by atoms with E-state index in [0.29, 0.717) is 24.1 Å². The summed E-state index contributed by atoms with van der Waals surface area (Å²) in [6.45, 7) is 4.34. The van der Waals surface area contributed by atoms with Crippen LogP contribution in [-0.4, -0.2) is 23.0 Å². The summed E-state index contributed by atoms with van der Waals surface area (Å²) < 4.78 is 5.90. The Hall–Kier alpha value is -1.62. The van der Waals surface area contributed by atoms with Crippen LogP contribution in [0.25, 0.3) is 0 Å². The fourth-order valence-corrected chi connectivity index (χ4v) is 2.75. The molecule has 1 fully saturated rings. The number of hydrogen-bond donors (Lipinski definition) is 2. The van der Waals surface area contributed by atoms with Gasteiger partial charge in [-0.1, -0.05) is 19.3 Å². The molecule has 22 heavy (non-hydrogen) atoms. The van der Waals surface area contributed by atoms with Crippen molar-refractivity contribution in [2.75, 3.05) is 11.9 Å². The zero-order valence-electron chi connectivity index (χ0n) is 13.6. The molecule has 1 heterocycles. The Kier molecular flexibility index (Phi) is 5.77. The minimum Gasteiger partial charge on any atom is -0.489 e. The molecular weight excluding hydrogens is 278 g/mol. The highest BCUT2D eigenvalue weighted by Crippen LogP contribution is 2.27. The Morgan fingerprint density at radius 2 is 2.14 bits per heavy atom. The predicted molar refractivity (Wildman–Crippen MR) is 87.8 cm³/mol. The van der Waals surface area contributed by atoms with Crippen LogP contribution in [0.1, 0.15) is 52.4 Å². The standard InChI is InChI=1S/C17H27N3O2/c1-17(2,18)11-15(21)20-16-14(9-6-10-19-16)22-12-13-7-4-3-5-8-13/h6,9-10,13H,3-5,7-8,11-12,18H2,1-2H3,(H,19,20,21). The Labute approximate surface area is 132 Å². The van der Waals surface area contributed by atoms with Gasteiger partial charge in [-0.2, -0.15) is 0 Å². The number of rotatable bonds is 6. The van der Waals surface area contributed by atoms with Crippen LogP contribution >= 0.6 is 0 Å². The number of hydrogen-bond acceptors (Lipinski definition) is 4. The van der Waals surface area contributed by atoms with Gasteiger partial charge in [0.25, 0.3) is 0 Å². The molecular formula is C17H27N3O2. The molecule has 0 bridgehead atoms. The first kappa shape index (κ1) is 16.7. The first-order valence-corrected chi connectivity index (χ1v) is 8.10. The van der Waals surface area contributed by atoms with Gasteiger partial charge in [-0.25, -0.2) is 4.98 Å². The molecule has 0 spiro atoms. The number of anilines is 1. The number of pyridine rings is 1. The molecule has 0 aromatic carbocycles. The van der Waals surface area contributed by atoms with Crippen molar-refractivity contribution in [1.82, 2.24) is 4.98 Å². The minimum absolute atomic E-state index is 0.145. The zero-order chi connectivity index (χ0) is 16.0. The van der Waals surface area contributed by atoms with Gasteiger partial charge in [0.1, 0.15) is 0 Å². The van der Waals surface area contributed by atoms with Crippen LogP contribution in [0.4, 0.5) is 5.82 Å². The Morgan fingerprint density at radius 1 is 1.41 bits per heavy atom. The maximum Gasteiger partial charge on any atom is 0.227 e. The molecule has 2 rings (SSSR count). The number of ether oxygens (including phenoxy) is 1. The first-order valence-electron chi connectivity index (χ1n) is 8.10. The van der Waals surface area contributed by atoms with Crippen LogP contribution in [0.5, 0.6) is 5.75 Å². The van der Waals surface area contributed by atoms with Crippen molar-refractivity contribution in [3.63, 3.8) is 0 Å². The van der Waals surface area contributed by atoms with Gasteiger partial charge in [-0.15, -0.1) is 0 Å². The molecule has 0 radical (unpaired) electrons. The molecule has 1 saturated carbocycles. The van der Waals surface area contributed by atoms with Crippen LogP contribution in [-0.2, 0) is 4.79 Å². The molecule has 1 aliphatic rings. The third kappa shape index (κ3) is 5.64. The van der Waals surface area contributed by atoms with E-state index in [9.17, 15) is 4.79 Å². The Balaban J connectivity index is 1.92. The molecule has 1 amide bonds. The summed E-state index contributed by atoms with van der Waals surface area (Å²) in [5, 5.41) is 2.80. The number of aromatic nitrogens is 1. The lowest BCUT2D eigenvalue weighted by atomic mass is 9.90. The minimum atomic E-state index is -0.540. The van der Waals surface area contributed by atoms with Crippen molar-refractivity contribution in [1.29, 1.82) is 0 Å². The maximum atomic E-state index is 12.0. The summed E-state index contributed by atoms with van der Waals surface area (Å²) in [6, 6.07) is 3.66. The number of nitrogens with one attached hydrogen (secondary N) is 1. The van der Waals surface area contributed by atoms with Crippen LogP contribution in [0.2, 0.25) is 0 Å². The number of nitrogens with two attached hydrogens (primary N) is 1. The molecule has 122 valence electrons. The summed E-state index contributed by atoms with van der Waals surface area (Å²) >= 11 is 0. The van der Waals surface area contributed by atoms with Crippen LogP contribution < -0.4 is 15.8 Å². The lowest BCUT2D eigenvalue weighted by molar-refractivity contribution is -0.117. The Bertz CT molecular complexity index is 491. The van der Waals surface area contributed by atoms with Crippen molar-refractivity contribution >= 4 is 11.7 Å². The molecule has 0 aliphatic heterocycles. The number of nitrogens with zero attached hydrogens (tertiary/aromatic N) is 1. The van der Waals surface area contributed by atoms with E-state index in [1.54, 1.807) is 6.20 Å². The van der Waals surface area contributed by atoms with E-state index in [2.05, 4.69) is 10.3 Å². The highest BCUT2D eigenvalue weighted by Gasteiger charge is 2.19. The molecule has 1 aromatic heterocycles. The first-order chi connectivity index (χ1) is 10.4. The maximum absolute atomic E-state index is 12.0. The average molecular weight is 305 g/mol. The summed E-state index contributed by atoms with van der Waals surface area (Å²) in [7, 11) is 0. The van der Waals surface area contributed by atoms with E-state index >= 15 is 0 Å². The molecule has 1 aromatic rings. The fraction of sp³-hybridized carbons (Fsp3) is 0.647. The van der Waals surface area contributed by atoms with Gasteiger partial charge in [0.2, 0.25) is 5.91 Å². The zero-order valence-corrected chi connectivity index (χ0v) is 13.6. The SMILES string of the molecule is CC(C)(N)CC(=O)Nc1ncccc1OCC1CCCCC1. The monoisotopic (exact) mass is 305 g/mol. The van der Waals surface area contributed by atoms with Crippen LogP contribution in [0.3, 0.4) is 0 Å². The quantitative estimate of drug-likeness (QED) is 0.846. The molecule has 1 aliphatic carbocycles. The third-order valence-electron chi connectivity index (χ3n) is 3.84. The summed E-state index contributed by atoms with van der Waals surface area (Å²) in [4.78, 5) is 16.2. The molecule has 3 N–H and O–H groups in total. The highest BCUT2D eigenvalue weighted by molar-refractivity contribution is 5.91. The Morgan fingerprint density at radius 3 is 2.82 bits per heavy atom. The van der Waals surface area contributed by atoms with Gasteiger partial charge in [0.15, 0.2) is 11.6 Å². The van der Waals surface area contributed by atoms with Crippen molar-refractivity contribution in [3.8, 4) is 5.75 Å². The predicted octanol–water partition coefficient (Wildman–Crippen LogP) is 3.11. The van der Waals surface area contributed by atoms with Crippen LogP contribution in [0, 0.1) is 5.92 Å². The van der Waals surface area contributed by atoms with Gasteiger partial charge in [0.05, 0.1) is 6.61 Å². The summed E-state index contributed by atoms with van der Waals surface area (Å²) in [5.74, 6) is 1.58. The summed E-state index contributed by atoms with van der Waals surface area (Å²) in [6.07, 6.45) is 8.25. The van der Waals surface area contributed by atoms with Gasteiger partial charge in [-0.05, 0) is 44.7 Å². The average Bonchev–Trinajstić information content (AvgIpc) is 2.45. The van der Waals surface area contributed by atoms with E-state index in [-0.39, 0.29) is 12.3 Å². The van der Waals surface area contributed by atoms with Gasteiger partial charge >= 0.3 is 0 Å². The van der Waals surface area contributed by atoms with Gasteiger partial charge in [-0.3, -0.25) is 4.79 Å². The van der Waals surface area contributed by atoms with E-state index in [1.165, 1.54) is 32.1 Å². The van der Waals surface area contributed by atoms with Gasteiger partial charge < -0.3 is 15.8 Å². The van der Waals surface area contributed by atoms with Crippen molar-refractivity contribution in [2.24, 2.45) is 11.7 Å². The van der Waals surface area contributed by atoms with E-state index in [4.69, 9.17) is 10.5 Å². The lowest BCUT2D eigenvalue weighted by Gasteiger charge is -2.22. The number of carbonyl (C=O) groups excluding carboxylic acids is 1. The van der Waals surface area contributed by atoms with Crippen molar-refractivity contribution in [2.45, 2.75) is 57.9 Å². The second-order valence-electron chi connectivity index (χ2n) is 6.88. The smallest absolute Gasteiger partial charge is 0.227 e. The van der Waals surface area contributed by atoms with E-state index in [0.717, 1.165) is 0 Å². The number of amides is 1. The van der Waals surface area contributed by atoms with E-state index < -0.39 is 5.54 Å². The molecule has 5 nitrogen and oxygen atoms in total. The topological polar surface area (TPSA) is 77.2 Å². The normalized spacial score (nSPS) is 16.3. The largest absolute Gasteiger partial charge is 0.489 e. The molecule has 0 atom stereocenters. The van der Waals surface area contributed by atoms with Crippen molar-refractivity contribution in [3.05, 3.63) is 18.3 Å². The second kappa shape index (κ2) is 7.58. The molecule has 0 saturated heterocycles. The van der Waals surface area contributed by atoms with Gasteiger partial charge in [0, 0.05) is 18.2 Å².